The van der Waals surface area contributed by atoms with Crippen LogP contribution in [0.2, 0.25) is 0 Å². The molecule has 2 rings (SSSR count). The molecular formula is C11H14O2S2. The van der Waals surface area contributed by atoms with E-state index >= 15 is 0 Å². The zero-order valence-electron chi connectivity index (χ0n) is 8.69. The van der Waals surface area contributed by atoms with Gasteiger partial charge in [-0.15, -0.1) is 23.1 Å². The van der Waals surface area contributed by atoms with E-state index in [0.29, 0.717) is 11.0 Å². The van der Waals surface area contributed by atoms with Crippen molar-refractivity contribution in [2.75, 3.05) is 19.0 Å². The normalized spacial score (nSPS) is 16.3. The molecule has 1 fully saturated rings. The van der Waals surface area contributed by atoms with Gasteiger partial charge in [0.05, 0.1) is 29.1 Å². The van der Waals surface area contributed by atoms with E-state index < -0.39 is 0 Å². The number of Topliss-reactive ketones (excluding diaryl/α,β-unsaturated/α-hetero) is 1. The number of hydrogen-bond acceptors (Lipinski definition) is 4. The van der Waals surface area contributed by atoms with Crippen molar-refractivity contribution in [3.05, 3.63) is 21.9 Å². The van der Waals surface area contributed by atoms with Gasteiger partial charge in [0.1, 0.15) is 0 Å². The van der Waals surface area contributed by atoms with E-state index in [-0.39, 0.29) is 5.78 Å². The average Bonchev–Trinajstić information content (AvgIpc) is 2.63. The van der Waals surface area contributed by atoms with E-state index in [2.05, 4.69) is 13.0 Å². The highest BCUT2D eigenvalue weighted by molar-refractivity contribution is 8.00. The van der Waals surface area contributed by atoms with E-state index in [1.807, 2.05) is 6.07 Å². The van der Waals surface area contributed by atoms with Gasteiger partial charge in [0.25, 0.3) is 0 Å². The number of rotatable bonds is 5. The highest BCUT2D eigenvalue weighted by atomic mass is 32.2. The van der Waals surface area contributed by atoms with Crippen LogP contribution < -0.4 is 0 Å². The number of carbonyl (C=O) groups excluding carboxylic acids is 1. The van der Waals surface area contributed by atoms with E-state index in [1.165, 1.54) is 4.88 Å². The molecule has 1 saturated heterocycles. The number of thiophene rings is 1. The minimum absolute atomic E-state index is 0.261. The average molecular weight is 242 g/mol. The maximum atomic E-state index is 11.8. The van der Waals surface area contributed by atoms with Crippen LogP contribution in [-0.4, -0.2) is 30.0 Å². The van der Waals surface area contributed by atoms with Crippen LogP contribution in [0.1, 0.15) is 21.5 Å². The van der Waals surface area contributed by atoms with Gasteiger partial charge in [-0.05, 0) is 18.6 Å². The summed E-state index contributed by atoms with van der Waals surface area (Å²) < 4.78 is 5.06. The molecule has 0 spiro atoms. The zero-order chi connectivity index (χ0) is 10.7. The van der Waals surface area contributed by atoms with Gasteiger partial charge in [-0.3, -0.25) is 4.79 Å². The van der Waals surface area contributed by atoms with Crippen LogP contribution in [0.15, 0.2) is 12.1 Å². The second-order valence-electron chi connectivity index (χ2n) is 3.51. The van der Waals surface area contributed by atoms with Gasteiger partial charge in [-0.1, -0.05) is 6.92 Å². The molecule has 0 radical (unpaired) electrons. The van der Waals surface area contributed by atoms with Gasteiger partial charge in [0, 0.05) is 4.88 Å². The summed E-state index contributed by atoms with van der Waals surface area (Å²) in [5.74, 6) is 0.856. The lowest BCUT2D eigenvalue weighted by molar-refractivity contribution is 0.0455. The Labute approximate surface area is 98.0 Å². The zero-order valence-corrected chi connectivity index (χ0v) is 10.3. The number of aryl methyl sites for hydroxylation is 1. The number of thioether (sulfide) groups is 1. The highest BCUT2D eigenvalue weighted by Gasteiger charge is 2.20. The molecule has 4 heteroatoms. The molecule has 15 heavy (non-hydrogen) atoms. The molecular weight excluding hydrogens is 228 g/mol. The first-order valence-corrected chi connectivity index (χ1v) is 6.97. The fourth-order valence-electron chi connectivity index (χ4n) is 1.29. The van der Waals surface area contributed by atoms with Crippen LogP contribution >= 0.6 is 23.1 Å². The molecule has 0 saturated carbocycles. The van der Waals surface area contributed by atoms with Crippen LogP contribution in [0.3, 0.4) is 0 Å². The minimum atomic E-state index is 0.261. The molecule has 0 amide bonds. The predicted molar refractivity (Wildman–Crippen MR) is 65.1 cm³/mol. The first-order chi connectivity index (χ1) is 7.29. The molecule has 1 aliphatic rings. The Morgan fingerprint density at radius 1 is 1.60 bits per heavy atom. The van der Waals surface area contributed by atoms with Gasteiger partial charge in [-0.2, -0.15) is 0 Å². The van der Waals surface area contributed by atoms with Gasteiger partial charge in [0.15, 0.2) is 5.78 Å². The molecule has 2 heterocycles. The van der Waals surface area contributed by atoms with Crippen LogP contribution in [-0.2, 0) is 11.2 Å². The van der Waals surface area contributed by atoms with E-state index in [9.17, 15) is 4.79 Å². The predicted octanol–water partition coefficient (Wildman–Crippen LogP) is 2.63. The Bertz CT molecular complexity index is 342. The number of carbonyl (C=O) groups is 1. The molecule has 1 aromatic rings. The summed E-state index contributed by atoms with van der Waals surface area (Å²) in [6.45, 7) is 3.73. The second-order valence-corrected chi connectivity index (χ2v) is 5.97. The minimum Gasteiger partial charge on any atom is -0.379 e. The molecule has 0 atom stereocenters. The van der Waals surface area contributed by atoms with Gasteiger partial charge >= 0.3 is 0 Å². The molecule has 0 bridgehead atoms. The number of hydrogen-bond donors (Lipinski definition) is 0. The Kier molecular flexibility index (Phi) is 3.83. The fourth-order valence-corrected chi connectivity index (χ4v) is 3.20. The molecule has 2 nitrogen and oxygen atoms in total. The standard InChI is InChI=1S/C11H14O2S2/c1-2-8-3-4-11(15-8)10(12)7-14-9-5-13-6-9/h3-4,9H,2,5-7H2,1H3. The Morgan fingerprint density at radius 2 is 2.40 bits per heavy atom. The van der Waals surface area contributed by atoms with Crippen LogP contribution in [0.4, 0.5) is 0 Å². The van der Waals surface area contributed by atoms with Gasteiger partial charge in [-0.25, -0.2) is 0 Å². The molecule has 0 N–H and O–H groups in total. The van der Waals surface area contributed by atoms with Crippen molar-refractivity contribution < 1.29 is 9.53 Å². The molecule has 1 aliphatic heterocycles. The first-order valence-electron chi connectivity index (χ1n) is 5.11. The summed E-state index contributed by atoms with van der Waals surface area (Å²) in [6.07, 6.45) is 1.02. The Balaban J connectivity index is 1.83. The maximum absolute atomic E-state index is 11.8. The van der Waals surface area contributed by atoms with Crippen molar-refractivity contribution in [2.45, 2.75) is 18.6 Å². The largest absolute Gasteiger partial charge is 0.379 e. The maximum Gasteiger partial charge on any atom is 0.182 e. The van der Waals surface area contributed by atoms with Gasteiger partial charge < -0.3 is 4.74 Å². The monoisotopic (exact) mass is 242 g/mol. The molecule has 1 aromatic heterocycles. The Morgan fingerprint density at radius 3 is 2.93 bits per heavy atom. The third kappa shape index (κ3) is 2.83. The third-order valence-corrected chi connectivity index (χ3v) is 4.79. The van der Waals surface area contributed by atoms with E-state index in [4.69, 9.17) is 4.74 Å². The SMILES string of the molecule is CCc1ccc(C(=O)CSC2COC2)s1. The molecule has 0 aromatic carbocycles. The van der Waals surface area contributed by atoms with Crippen molar-refractivity contribution in [3.8, 4) is 0 Å². The second kappa shape index (κ2) is 5.14. The summed E-state index contributed by atoms with van der Waals surface area (Å²) in [5.41, 5.74) is 0. The number of ether oxygens (including phenoxy) is 1. The quantitative estimate of drug-likeness (QED) is 0.742. The van der Waals surface area contributed by atoms with E-state index in [0.717, 1.165) is 24.5 Å². The summed E-state index contributed by atoms with van der Waals surface area (Å²) in [5, 5.41) is 0.541. The van der Waals surface area contributed by atoms with Crippen molar-refractivity contribution in [3.63, 3.8) is 0 Å². The topological polar surface area (TPSA) is 26.3 Å². The summed E-state index contributed by atoms with van der Waals surface area (Å²) in [4.78, 5) is 14.0. The number of ketones is 1. The summed E-state index contributed by atoms with van der Waals surface area (Å²) >= 11 is 3.34. The van der Waals surface area contributed by atoms with Crippen molar-refractivity contribution in [2.24, 2.45) is 0 Å². The van der Waals surface area contributed by atoms with Crippen molar-refractivity contribution in [1.29, 1.82) is 0 Å². The van der Waals surface area contributed by atoms with Crippen LogP contribution in [0, 0.1) is 0 Å². The van der Waals surface area contributed by atoms with Crippen molar-refractivity contribution in [1.82, 2.24) is 0 Å². The van der Waals surface area contributed by atoms with E-state index in [1.54, 1.807) is 23.1 Å². The third-order valence-electron chi connectivity index (χ3n) is 2.34. The lowest BCUT2D eigenvalue weighted by Gasteiger charge is -2.24. The van der Waals surface area contributed by atoms with Crippen LogP contribution in [0.5, 0.6) is 0 Å². The lowest BCUT2D eigenvalue weighted by Crippen LogP contribution is -2.31. The fraction of sp³-hybridized carbons (Fsp3) is 0.545. The molecule has 0 aliphatic carbocycles. The van der Waals surface area contributed by atoms with Crippen LogP contribution in [0.25, 0.3) is 0 Å². The van der Waals surface area contributed by atoms with Gasteiger partial charge in [0.2, 0.25) is 0 Å². The summed E-state index contributed by atoms with van der Waals surface area (Å²) in [7, 11) is 0. The Hall–Kier alpha value is -0.320. The lowest BCUT2D eigenvalue weighted by atomic mass is 10.3. The molecule has 0 unspecified atom stereocenters. The first kappa shape index (κ1) is 11.2. The molecule has 82 valence electrons. The van der Waals surface area contributed by atoms with Crippen molar-refractivity contribution >= 4 is 28.9 Å². The highest BCUT2D eigenvalue weighted by Crippen LogP contribution is 2.23. The summed E-state index contributed by atoms with van der Waals surface area (Å²) in [6, 6.07) is 4.00. The smallest absolute Gasteiger partial charge is 0.182 e.